The lowest BCUT2D eigenvalue weighted by Gasteiger charge is -2.05. The van der Waals surface area contributed by atoms with Gasteiger partial charge in [-0.15, -0.1) is 0 Å². The van der Waals surface area contributed by atoms with E-state index in [2.05, 4.69) is 5.32 Å². The zero-order valence-electron chi connectivity index (χ0n) is 11.2. The molecule has 0 aliphatic rings. The second-order valence-corrected chi connectivity index (χ2v) is 4.33. The average molecular weight is 281 g/mol. The Hall–Kier alpha value is -3.25. The molecular weight excluding hydrogens is 270 g/mol. The van der Waals surface area contributed by atoms with Crippen LogP contribution in [0, 0.1) is 29.6 Å². The lowest BCUT2D eigenvalue weighted by atomic mass is 10.1. The van der Waals surface area contributed by atoms with Crippen LogP contribution in [0.5, 0.6) is 0 Å². The van der Waals surface area contributed by atoms with Gasteiger partial charge in [-0.1, -0.05) is 0 Å². The first kappa shape index (κ1) is 14.2. The van der Waals surface area contributed by atoms with Crippen LogP contribution >= 0.6 is 0 Å². The van der Waals surface area contributed by atoms with Crippen molar-refractivity contribution in [1.29, 1.82) is 10.5 Å². The Bertz CT molecular complexity index is 778. The molecule has 0 radical (unpaired) electrons. The Labute approximate surface area is 120 Å². The number of carbonyl (C=O) groups is 1. The molecule has 0 aliphatic carbocycles. The summed E-state index contributed by atoms with van der Waals surface area (Å²) >= 11 is 0. The van der Waals surface area contributed by atoms with Crippen molar-refractivity contribution < 1.29 is 14.3 Å². The number of nitrogens with one attached hydrogen (secondary N) is 1. The first-order valence-corrected chi connectivity index (χ1v) is 6.06. The first-order valence-electron chi connectivity index (χ1n) is 6.06. The molecule has 21 heavy (non-hydrogen) atoms. The molecule has 2 rings (SSSR count). The minimum Gasteiger partial charge on any atom is -0.478 e. The standard InChI is InChI=1S/C15H11N3O3/c1-9-14(15(19)20)5-13(21-9)8-18-12-3-2-10(6-16)11(4-12)7-17/h2-5,18H,8H2,1H3,(H,19,20). The third-order valence-electron chi connectivity index (χ3n) is 2.93. The highest BCUT2D eigenvalue weighted by Crippen LogP contribution is 2.18. The zero-order chi connectivity index (χ0) is 15.4. The van der Waals surface area contributed by atoms with Gasteiger partial charge in [0.1, 0.15) is 29.2 Å². The number of nitriles is 2. The minimum absolute atomic E-state index is 0.129. The highest BCUT2D eigenvalue weighted by molar-refractivity contribution is 5.88. The smallest absolute Gasteiger partial charge is 0.339 e. The van der Waals surface area contributed by atoms with Crippen LogP contribution in [0.15, 0.2) is 28.7 Å². The topological polar surface area (TPSA) is 110 Å². The van der Waals surface area contributed by atoms with Gasteiger partial charge in [0, 0.05) is 5.69 Å². The van der Waals surface area contributed by atoms with E-state index in [1.54, 1.807) is 25.1 Å². The SMILES string of the molecule is Cc1oc(CNc2ccc(C#N)c(C#N)c2)cc1C(=O)O. The van der Waals surface area contributed by atoms with Gasteiger partial charge in [0.2, 0.25) is 0 Å². The Balaban J connectivity index is 2.14. The third-order valence-corrected chi connectivity index (χ3v) is 2.93. The summed E-state index contributed by atoms with van der Waals surface area (Å²) in [5.41, 5.74) is 1.37. The largest absolute Gasteiger partial charge is 0.478 e. The Morgan fingerprint density at radius 1 is 1.29 bits per heavy atom. The molecule has 0 aliphatic heterocycles. The van der Waals surface area contributed by atoms with E-state index in [-0.39, 0.29) is 17.7 Å². The second kappa shape index (κ2) is 5.81. The monoisotopic (exact) mass is 281 g/mol. The number of anilines is 1. The molecule has 0 atom stereocenters. The number of rotatable bonds is 4. The van der Waals surface area contributed by atoms with Crippen molar-refractivity contribution in [2.45, 2.75) is 13.5 Å². The van der Waals surface area contributed by atoms with Gasteiger partial charge < -0.3 is 14.8 Å². The molecule has 0 amide bonds. The molecule has 6 nitrogen and oxygen atoms in total. The highest BCUT2D eigenvalue weighted by atomic mass is 16.4. The van der Waals surface area contributed by atoms with E-state index >= 15 is 0 Å². The van der Waals surface area contributed by atoms with Gasteiger partial charge in [0.05, 0.1) is 17.7 Å². The summed E-state index contributed by atoms with van der Waals surface area (Å²) in [6.45, 7) is 1.87. The second-order valence-electron chi connectivity index (χ2n) is 4.33. The van der Waals surface area contributed by atoms with Gasteiger partial charge in [-0.3, -0.25) is 0 Å². The maximum atomic E-state index is 10.9. The summed E-state index contributed by atoms with van der Waals surface area (Å²) in [7, 11) is 0. The van der Waals surface area contributed by atoms with E-state index in [0.717, 1.165) is 0 Å². The number of benzene rings is 1. The number of carboxylic acid groups (broad SMARTS) is 1. The lowest BCUT2D eigenvalue weighted by molar-refractivity contribution is 0.0695. The summed E-state index contributed by atoms with van der Waals surface area (Å²) in [5.74, 6) is -0.211. The summed E-state index contributed by atoms with van der Waals surface area (Å²) < 4.78 is 5.34. The predicted molar refractivity (Wildman–Crippen MR) is 73.6 cm³/mol. The fourth-order valence-corrected chi connectivity index (χ4v) is 1.88. The number of carboxylic acids is 1. The Morgan fingerprint density at radius 2 is 2.00 bits per heavy atom. The maximum Gasteiger partial charge on any atom is 0.339 e. The molecule has 0 saturated carbocycles. The zero-order valence-corrected chi connectivity index (χ0v) is 11.2. The van der Waals surface area contributed by atoms with Crippen molar-refractivity contribution in [2.75, 3.05) is 5.32 Å². The van der Waals surface area contributed by atoms with Crippen LogP contribution in [-0.2, 0) is 6.54 Å². The average Bonchev–Trinajstić information content (AvgIpc) is 2.86. The fraction of sp³-hybridized carbons (Fsp3) is 0.133. The molecule has 2 aromatic rings. The van der Waals surface area contributed by atoms with Gasteiger partial charge in [0.15, 0.2) is 0 Å². The van der Waals surface area contributed by atoms with Gasteiger partial charge in [-0.25, -0.2) is 4.79 Å². The van der Waals surface area contributed by atoms with Crippen molar-refractivity contribution in [3.05, 3.63) is 52.5 Å². The van der Waals surface area contributed by atoms with Crippen molar-refractivity contribution >= 4 is 11.7 Å². The van der Waals surface area contributed by atoms with E-state index < -0.39 is 5.97 Å². The summed E-state index contributed by atoms with van der Waals surface area (Å²) in [6.07, 6.45) is 0. The number of hydrogen-bond donors (Lipinski definition) is 2. The normalized spacial score (nSPS) is 9.67. The number of hydrogen-bond acceptors (Lipinski definition) is 5. The quantitative estimate of drug-likeness (QED) is 0.891. The van der Waals surface area contributed by atoms with Crippen molar-refractivity contribution in [2.24, 2.45) is 0 Å². The van der Waals surface area contributed by atoms with Crippen LogP contribution in [-0.4, -0.2) is 11.1 Å². The van der Waals surface area contributed by atoms with Crippen molar-refractivity contribution in [3.8, 4) is 12.1 Å². The molecule has 0 saturated heterocycles. The van der Waals surface area contributed by atoms with E-state index in [1.165, 1.54) is 6.07 Å². The minimum atomic E-state index is -1.03. The maximum absolute atomic E-state index is 10.9. The third kappa shape index (κ3) is 3.02. The van der Waals surface area contributed by atoms with Crippen molar-refractivity contribution in [3.63, 3.8) is 0 Å². The fourth-order valence-electron chi connectivity index (χ4n) is 1.88. The van der Waals surface area contributed by atoms with Crippen LogP contribution in [0.2, 0.25) is 0 Å². The van der Waals surface area contributed by atoms with E-state index in [4.69, 9.17) is 20.0 Å². The van der Waals surface area contributed by atoms with Crippen LogP contribution in [0.1, 0.15) is 33.0 Å². The molecule has 1 aromatic heterocycles. The van der Waals surface area contributed by atoms with E-state index in [0.29, 0.717) is 22.8 Å². The summed E-state index contributed by atoms with van der Waals surface area (Å²) in [5, 5.41) is 29.8. The van der Waals surface area contributed by atoms with Crippen LogP contribution in [0.25, 0.3) is 0 Å². The van der Waals surface area contributed by atoms with Crippen LogP contribution in [0.4, 0.5) is 5.69 Å². The Kier molecular flexibility index (Phi) is 3.92. The molecule has 1 aromatic carbocycles. The molecule has 6 heteroatoms. The highest BCUT2D eigenvalue weighted by Gasteiger charge is 2.13. The van der Waals surface area contributed by atoms with E-state index in [9.17, 15) is 4.79 Å². The Morgan fingerprint density at radius 3 is 2.57 bits per heavy atom. The summed E-state index contributed by atoms with van der Waals surface area (Å²) in [4.78, 5) is 10.9. The number of aromatic carboxylic acids is 1. The predicted octanol–water partition coefficient (Wildman–Crippen LogP) is 2.64. The molecule has 0 spiro atoms. The molecule has 0 unspecified atom stereocenters. The van der Waals surface area contributed by atoms with Crippen molar-refractivity contribution in [1.82, 2.24) is 0 Å². The lowest BCUT2D eigenvalue weighted by Crippen LogP contribution is -1.99. The van der Waals surface area contributed by atoms with Gasteiger partial charge in [-0.05, 0) is 31.2 Å². The first-order chi connectivity index (χ1) is 10.0. The number of furan rings is 1. The molecule has 0 bridgehead atoms. The van der Waals surface area contributed by atoms with Crippen LogP contribution < -0.4 is 5.32 Å². The van der Waals surface area contributed by atoms with E-state index in [1.807, 2.05) is 12.1 Å². The molecular formula is C15H11N3O3. The summed E-state index contributed by atoms with van der Waals surface area (Å²) in [6, 6.07) is 10.1. The number of aryl methyl sites for hydroxylation is 1. The number of nitrogens with zero attached hydrogens (tertiary/aromatic N) is 2. The molecule has 0 fully saturated rings. The molecule has 1 heterocycles. The molecule has 104 valence electrons. The van der Waals surface area contributed by atoms with Gasteiger partial charge in [0.25, 0.3) is 0 Å². The van der Waals surface area contributed by atoms with Gasteiger partial charge >= 0.3 is 5.97 Å². The van der Waals surface area contributed by atoms with Crippen LogP contribution in [0.3, 0.4) is 0 Å². The molecule has 2 N–H and O–H groups in total. The van der Waals surface area contributed by atoms with Gasteiger partial charge in [-0.2, -0.15) is 10.5 Å².